The summed E-state index contributed by atoms with van der Waals surface area (Å²) in [6, 6.07) is 13.4. The lowest BCUT2D eigenvalue weighted by Crippen LogP contribution is -2.37. The SMILES string of the molecule is NS(=O)(=O)c1ccc(CCNC(=O)CSc2nc3ccccc3c(=O)n2CCC(=O)NC2CCCCC2)cc1. The third kappa shape index (κ3) is 8.13. The second kappa shape index (κ2) is 13.2. The van der Waals surface area contributed by atoms with Crippen LogP contribution in [0.4, 0.5) is 0 Å². The Morgan fingerprint density at radius 3 is 2.46 bits per heavy atom. The van der Waals surface area contributed by atoms with Crippen LogP contribution < -0.4 is 21.3 Å². The molecule has 0 spiro atoms. The number of nitrogens with two attached hydrogens (primary N) is 1. The summed E-state index contributed by atoms with van der Waals surface area (Å²) in [5.41, 5.74) is 1.15. The molecule has 0 unspecified atom stereocenters. The summed E-state index contributed by atoms with van der Waals surface area (Å²) in [6.45, 7) is 0.529. The third-order valence-corrected chi connectivity index (χ3v) is 8.59. The number of nitrogens with zero attached hydrogens (tertiary/aromatic N) is 2. The zero-order valence-corrected chi connectivity index (χ0v) is 23.2. The fourth-order valence-corrected chi connectivity index (χ4v) is 5.96. The molecule has 0 saturated heterocycles. The highest BCUT2D eigenvalue weighted by atomic mass is 32.2. The molecule has 0 bridgehead atoms. The lowest BCUT2D eigenvalue weighted by Gasteiger charge is -2.23. The zero-order valence-electron chi connectivity index (χ0n) is 21.6. The summed E-state index contributed by atoms with van der Waals surface area (Å²) in [6.07, 6.45) is 6.07. The molecule has 1 aromatic heterocycles. The van der Waals surface area contributed by atoms with E-state index in [2.05, 4.69) is 15.6 Å². The number of aromatic nitrogens is 2. The van der Waals surface area contributed by atoms with E-state index in [0.717, 1.165) is 43.0 Å². The van der Waals surface area contributed by atoms with Crippen LogP contribution >= 0.6 is 11.8 Å². The molecule has 3 aromatic rings. The third-order valence-electron chi connectivity index (χ3n) is 6.68. The molecule has 0 atom stereocenters. The van der Waals surface area contributed by atoms with Crippen molar-refractivity contribution in [3.05, 3.63) is 64.4 Å². The fraction of sp³-hybridized carbons (Fsp3) is 0.407. The minimum atomic E-state index is -3.75. The number of para-hydroxylation sites is 1. The molecule has 4 N–H and O–H groups in total. The first-order chi connectivity index (χ1) is 18.7. The second-order valence-electron chi connectivity index (χ2n) is 9.60. The Kier molecular flexibility index (Phi) is 9.76. The molecule has 1 aliphatic rings. The molecule has 0 aliphatic heterocycles. The Bertz CT molecular complexity index is 1480. The number of fused-ring (bicyclic) bond motifs is 1. The fourth-order valence-electron chi connectivity index (χ4n) is 4.59. The normalized spacial score (nSPS) is 14.3. The van der Waals surface area contributed by atoms with Gasteiger partial charge in [0.05, 0.1) is 21.6 Å². The highest BCUT2D eigenvalue weighted by Crippen LogP contribution is 2.19. The topological polar surface area (TPSA) is 153 Å². The first-order valence-corrected chi connectivity index (χ1v) is 15.5. The van der Waals surface area contributed by atoms with Crippen LogP contribution in [-0.4, -0.2) is 48.1 Å². The van der Waals surface area contributed by atoms with E-state index in [1.165, 1.54) is 23.1 Å². The number of amides is 2. The largest absolute Gasteiger partial charge is 0.355 e. The molecule has 1 heterocycles. The Balaban J connectivity index is 1.35. The maximum Gasteiger partial charge on any atom is 0.262 e. The van der Waals surface area contributed by atoms with Crippen LogP contribution in [0.5, 0.6) is 0 Å². The highest BCUT2D eigenvalue weighted by molar-refractivity contribution is 7.99. The van der Waals surface area contributed by atoms with E-state index in [1.54, 1.807) is 36.4 Å². The predicted molar refractivity (Wildman–Crippen MR) is 151 cm³/mol. The summed E-state index contributed by atoms with van der Waals surface area (Å²) in [7, 11) is -3.75. The van der Waals surface area contributed by atoms with Gasteiger partial charge in [0, 0.05) is 25.6 Å². The smallest absolute Gasteiger partial charge is 0.262 e. The van der Waals surface area contributed by atoms with E-state index in [4.69, 9.17) is 5.14 Å². The number of benzene rings is 2. The predicted octanol–water partition coefficient (Wildman–Crippen LogP) is 2.33. The number of hydrogen-bond donors (Lipinski definition) is 3. The van der Waals surface area contributed by atoms with Gasteiger partial charge in [-0.3, -0.25) is 19.0 Å². The summed E-state index contributed by atoms with van der Waals surface area (Å²) in [5, 5.41) is 11.9. The number of primary sulfonamides is 1. The molecule has 4 rings (SSSR count). The van der Waals surface area contributed by atoms with Crippen molar-refractivity contribution in [2.75, 3.05) is 12.3 Å². The van der Waals surface area contributed by atoms with Gasteiger partial charge in [0.2, 0.25) is 21.8 Å². The maximum absolute atomic E-state index is 13.2. The molecular formula is C27H33N5O5S2. The number of carbonyl (C=O) groups excluding carboxylic acids is 2. The Morgan fingerprint density at radius 2 is 1.74 bits per heavy atom. The van der Waals surface area contributed by atoms with Crippen molar-refractivity contribution in [3.8, 4) is 0 Å². The quantitative estimate of drug-likeness (QED) is 0.236. The molecule has 1 aliphatic carbocycles. The first-order valence-electron chi connectivity index (χ1n) is 13.0. The molecule has 1 fully saturated rings. The van der Waals surface area contributed by atoms with Gasteiger partial charge in [-0.2, -0.15) is 0 Å². The van der Waals surface area contributed by atoms with Crippen molar-refractivity contribution in [1.29, 1.82) is 0 Å². The van der Waals surface area contributed by atoms with Crippen LogP contribution in [0.15, 0.2) is 63.4 Å². The van der Waals surface area contributed by atoms with Crippen molar-refractivity contribution in [2.45, 2.75) is 67.6 Å². The van der Waals surface area contributed by atoms with Gasteiger partial charge in [-0.15, -0.1) is 0 Å². The highest BCUT2D eigenvalue weighted by Gasteiger charge is 2.18. The molecule has 0 radical (unpaired) electrons. The van der Waals surface area contributed by atoms with Gasteiger partial charge in [0.25, 0.3) is 5.56 Å². The van der Waals surface area contributed by atoms with E-state index in [1.807, 2.05) is 0 Å². The molecule has 10 nitrogen and oxygen atoms in total. The number of nitrogens with one attached hydrogen (secondary N) is 2. The van der Waals surface area contributed by atoms with E-state index in [0.29, 0.717) is 29.0 Å². The van der Waals surface area contributed by atoms with Gasteiger partial charge in [-0.25, -0.2) is 18.5 Å². The van der Waals surface area contributed by atoms with E-state index < -0.39 is 10.0 Å². The summed E-state index contributed by atoms with van der Waals surface area (Å²) >= 11 is 1.15. The van der Waals surface area contributed by atoms with Crippen molar-refractivity contribution in [3.63, 3.8) is 0 Å². The van der Waals surface area contributed by atoms with Crippen LogP contribution in [0.25, 0.3) is 10.9 Å². The maximum atomic E-state index is 13.2. The van der Waals surface area contributed by atoms with Gasteiger partial charge in [0.15, 0.2) is 5.16 Å². The molecule has 2 amide bonds. The van der Waals surface area contributed by atoms with Crippen LogP contribution in [0.2, 0.25) is 0 Å². The number of sulfonamides is 1. The van der Waals surface area contributed by atoms with Crippen LogP contribution in [0.1, 0.15) is 44.1 Å². The van der Waals surface area contributed by atoms with Gasteiger partial charge in [-0.1, -0.05) is 55.3 Å². The van der Waals surface area contributed by atoms with E-state index in [-0.39, 0.29) is 47.0 Å². The van der Waals surface area contributed by atoms with Crippen molar-refractivity contribution >= 4 is 44.5 Å². The summed E-state index contributed by atoms with van der Waals surface area (Å²) in [5.74, 6) is -0.276. The van der Waals surface area contributed by atoms with Crippen molar-refractivity contribution in [2.24, 2.45) is 5.14 Å². The Hall–Kier alpha value is -3.22. The number of rotatable bonds is 11. The number of thioether (sulfide) groups is 1. The van der Waals surface area contributed by atoms with Crippen LogP contribution in [0, 0.1) is 0 Å². The average Bonchev–Trinajstić information content (AvgIpc) is 2.92. The lowest BCUT2D eigenvalue weighted by atomic mass is 9.95. The molecular weight excluding hydrogens is 538 g/mol. The molecule has 208 valence electrons. The van der Waals surface area contributed by atoms with Gasteiger partial charge >= 0.3 is 0 Å². The van der Waals surface area contributed by atoms with Gasteiger partial charge < -0.3 is 10.6 Å². The first kappa shape index (κ1) is 28.8. The number of hydrogen-bond acceptors (Lipinski definition) is 7. The summed E-state index contributed by atoms with van der Waals surface area (Å²) in [4.78, 5) is 43.0. The van der Waals surface area contributed by atoms with Crippen LogP contribution in [0.3, 0.4) is 0 Å². The van der Waals surface area contributed by atoms with E-state index in [9.17, 15) is 22.8 Å². The van der Waals surface area contributed by atoms with Crippen molar-refractivity contribution < 1.29 is 18.0 Å². The average molecular weight is 572 g/mol. The van der Waals surface area contributed by atoms with Crippen LogP contribution in [-0.2, 0) is 32.6 Å². The standard InChI is InChI=1S/C27H33N5O5S2/c28-39(36,37)21-12-10-19(11-13-21)14-16-29-25(34)18-38-27-31-23-9-5-4-8-22(23)26(35)32(27)17-15-24(33)30-20-6-2-1-3-7-20/h4-5,8-13,20H,1-3,6-7,14-18H2,(H,29,34)(H,30,33)(H2,28,36,37). The molecule has 1 saturated carbocycles. The molecule has 2 aromatic carbocycles. The monoisotopic (exact) mass is 571 g/mol. The molecule has 39 heavy (non-hydrogen) atoms. The number of carbonyl (C=O) groups is 2. The lowest BCUT2D eigenvalue weighted by molar-refractivity contribution is -0.122. The zero-order chi connectivity index (χ0) is 27.8. The minimum absolute atomic E-state index is 0.0343. The van der Waals surface area contributed by atoms with Crippen molar-refractivity contribution in [1.82, 2.24) is 20.2 Å². The summed E-state index contributed by atoms with van der Waals surface area (Å²) < 4.78 is 24.2. The Morgan fingerprint density at radius 1 is 1.03 bits per heavy atom. The van der Waals surface area contributed by atoms with Gasteiger partial charge in [-0.05, 0) is 49.1 Å². The molecule has 12 heteroatoms. The second-order valence-corrected chi connectivity index (χ2v) is 12.1. The minimum Gasteiger partial charge on any atom is -0.355 e. The van der Waals surface area contributed by atoms with E-state index >= 15 is 0 Å². The van der Waals surface area contributed by atoms with Gasteiger partial charge in [0.1, 0.15) is 0 Å². The Labute approximate surface area is 231 Å².